The van der Waals surface area contributed by atoms with Crippen molar-refractivity contribution >= 4 is 32.4 Å². The van der Waals surface area contributed by atoms with Crippen LogP contribution in [-0.2, 0) is 35.2 Å². The first-order valence-electron chi connectivity index (χ1n) is 10.6. The van der Waals surface area contributed by atoms with Gasteiger partial charge in [0.1, 0.15) is 0 Å². The molecule has 0 atom stereocenters. The minimum absolute atomic E-state index is 0.0103. The fourth-order valence-corrected chi connectivity index (χ4v) is 4.84. The number of imidazole rings is 1. The Morgan fingerprint density at radius 1 is 1.15 bits per heavy atom. The van der Waals surface area contributed by atoms with Gasteiger partial charge in [0.2, 0.25) is 15.0 Å². The van der Waals surface area contributed by atoms with Crippen molar-refractivity contribution in [1.82, 2.24) is 18.7 Å². The van der Waals surface area contributed by atoms with Crippen molar-refractivity contribution in [2.75, 3.05) is 49.8 Å². The Morgan fingerprint density at radius 2 is 1.85 bits per heavy atom. The van der Waals surface area contributed by atoms with Gasteiger partial charge in [-0.15, -0.1) is 0 Å². The summed E-state index contributed by atoms with van der Waals surface area (Å²) in [6.07, 6.45) is 1.00. The number of fused-ring (bicyclic) bond motifs is 1. The largest absolute Gasteiger partial charge is 0.386 e. The summed E-state index contributed by atoms with van der Waals surface area (Å²) in [6, 6.07) is 5.83. The zero-order chi connectivity index (χ0) is 24.6. The van der Waals surface area contributed by atoms with Crippen molar-refractivity contribution in [3.05, 3.63) is 44.6 Å². The second-order valence-corrected chi connectivity index (χ2v) is 9.92. The highest BCUT2D eigenvalue weighted by atomic mass is 32.2. The molecule has 2 aromatic heterocycles. The molecule has 12 heteroatoms. The Hall–Kier alpha value is -3.56. The molecule has 1 aromatic carbocycles. The first-order chi connectivity index (χ1) is 16.1. The Morgan fingerprint density at radius 3 is 2.50 bits per heavy atom. The van der Waals surface area contributed by atoms with Crippen LogP contribution in [0.5, 0.6) is 0 Å². The molecule has 1 aliphatic heterocycles. The number of sulfone groups is 1. The lowest BCUT2D eigenvalue weighted by molar-refractivity contribution is 0.123. The molecule has 1 fully saturated rings. The molecule has 34 heavy (non-hydrogen) atoms. The second-order valence-electron chi connectivity index (χ2n) is 8.01. The maximum Gasteiger partial charge on any atom is 0.333 e. The van der Waals surface area contributed by atoms with Gasteiger partial charge < -0.3 is 19.5 Å². The summed E-state index contributed by atoms with van der Waals surface area (Å²) in [6.45, 7) is 2.92. The molecule has 3 aromatic rings. The molecule has 0 radical (unpaired) electrons. The van der Waals surface area contributed by atoms with Gasteiger partial charge >= 0.3 is 5.69 Å². The lowest BCUT2D eigenvalue weighted by Crippen LogP contribution is -2.38. The van der Waals surface area contributed by atoms with E-state index in [1.807, 2.05) is 25.2 Å². The van der Waals surface area contributed by atoms with Gasteiger partial charge in [-0.2, -0.15) is 4.98 Å². The van der Waals surface area contributed by atoms with Crippen LogP contribution in [0.1, 0.15) is 5.56 Å². The van der Waals surface area contributed by atoms with Crippen molar-refractivity contribution in [2.24, 2.45) is 14.1 Å². The van der Waals surface area contributed by atoms with Gasteiger partial charge in [0.15, 0.2) is 11.2 Å². The fourth-order valence-electron chi connectivity index (χ4n) is 4.00. The van der Waals surface area contributed by atoms with Crippen LogP contribution in [0, 0.1) is 11.8 Å². The molecule has 4 rings (SSSR count). The number of hydrogen-bond donors (Lipinski definition) is 1. The predicted molar refractivity (Wildman–Crippen MR) is 129 cm³/mol. The topological polar surface area (TPSA) is 120 Å². The highest BCUT2D eigenvalue weighted by molar-refractivity contribution is 7.90. The van der Waals surface area contributed by atoms with E-state index < -0.39 is 21.1 Å². The van der Waals surface area contributed by atoms with Gasteiger partial charge in [0.25, 0.3) is 5.56 Å². The van der Waals surface area contributed by atoms with Gasteiger partial charge in [0.05, 0.1) is 31.1 Å². The highest BCUT2D eigenvalue weighted by Crippen LogP contribution is 2.27. The molecule has 0 bridgehead atoms. The Labute approximate surface area is 196 Å². The van der Waals surface area contributed by atoms with Crippen LogP contribution in [0.25, 0.3) is 11.2 Å². The van der Waals surface area contributed by atoms with Crippen LogP contribution < -0.4 is 21.5 Å². The lowest BCUT2D eigenvalue weighted by Gasteiger charge is -2.30. The van der Waals surface area contributed by atoms with Crippen molar-refractivity contribution in [2.45, 2.75) is 11.7 Å². The van der Waals surface area contributed by atoms with Gasteiger partial charge in [-0.25, -0.2) is 13.2 Å². The standard InChI is InChI=1S/C22H26N6O5S/c1-23-16-14-15(7-8-17(16)27-10-12-33-13-11-27)6-5-9-28-19-18(20(29)26(3)22(28)30)25(2)21(24-19)34(4,31)32/h7-8,14,23H,9-13H2,1-4H3. The van der Waals surface area contributed by atoms with E-state index in [0.717, 1.165) is 40.9 Å². The molecule has 1 saturated heterocycles. The molecule has 11 nitrogen and oxygen atoms in total. The summed E-state index contributed by atoms with van der Waals surface area (Å²) in [5.74, 6) is 6.00. The van der Waals surface area contributed by atoms with E-state index in [1.165, 1.54) is 23.2 Å². The number of nitrogens with one attached hydrogen (secondary N) is 1. The van der Waals surface area contributed by atoms with Gasteiger partial charge in [0, 0.05) is 46.1 Å². The maximum absolute atomic E-state index is 12.8. The van der Waals surface area contributed by atoms with Gasteiger partial charge in [-0.1, -0.05) is 11.8 Å². The monoisotopic (exact) mass is 486 g/mol. The Balaban J connectivity index is 1.72. The molecule has 1 N–H and O–H groups in total. The zero-order valence-corrected chi connectivity index (χ0v) is 20.3. The van der Waals surface area contributed by atoms with E-state index in [2.05, 4.69) is 27.0 Å². The number of anilines is 2. The van der Waals surface area contributed by atoms with Crippen LogP contribution >= 0.6 is 0 Å². The summed E-state index contributed by atoms with van der Waals surface area (Å²) >= 11 is 0. The van der Waals surface area contributed by atoms with Crippen molar-refractivity contribution in [1.29, 1.82) is 0 Å². The minimum atomic E-state index is -3.71. The average Bonchev–Trinajstić information content (AvgIpc) is 3.17. The highest BCUT2D eigenvalue weighted by Gasteiger charge is 2.23. The van der Waals surface area contributed by atoms with Crippen LogP contribution in [0.2, 0.25) is 0 Å². The van der Waals surface area contributed by atoms with Crippen molar-refractivity contribution < 1.29 is 13.2 Å². The molecule has 0 spiro atoms. The molecule has 3 heterocycles. The molecule has 1 aliphatic rings. The number of morpholine rings is 1. The molecule has 0 aliphatic carbocycles. The van der Waals surface area contributed by atoms with Crippen LogP contribution in [0.15, 0.2) is 32.9 Å². The first-order valence-corrected chi connectivity index (χ1v) is 12.5. The molecule has 0 unspecified atom stereocenters. The van der Waals surface area contributed by atoms with E-state index >= 15 is 0 Å². The van der Waals surface area contributed by atoms with Gasteiger partial charge in [-0.3, -0.25) is 13.9 Å². The van der Waals surface area contributed by atoms with Crippen LogP contribution in [-0.4, -0.2) is 66.7 Å². The summed E-state index contributed by atoms with van der Waals surface area (Å²) < 4.78 is 32.9. The Kier molecular flexibility index (Phi) is 6.24. The van der Waals surface area contributed by atoms with Crippen LogP contribution in [0.4, 0.5) is 11.4 Å². The molecule has 0 amide bonds. The maximum atomic E-state index is 12.8. The SMILES string of the molecule is CNc1cc(C#CCn2c(=O)n(C)c(=O)c3c2nc(S(C)(=O)=O)n3C)ccc1N1CCOCC1. The summed E-state index contributed by atoms with van der Waals surface area (Å²) in [5, 5.41) is 2.91. The third-order valence-electron chi connectivity index (χ3n) is 5.74. The third kappa shape index (κ3) is 4.20. The minimum Gasteiger partial charge on any atom is -0.386 e. The molecule has 0 saturated carbocycles. The smallest absolute Gasteiger partial charge is 0.333 e. The van der Waals surface area contributed by atoms with E-state index in [4.69, 9.17) is 4.74 Å². The lowest BCUT2D eigenvalue weighted by atomic mass is 10.1. The second kappa shape index (κ2) is 9.00. The summed E-state index contributed by atoms with van der Waals surface area (Å²) in [5.41, 5.74) is 1.51. The Bertz CT molecular complexity index is 1550. The summed E-state index contributed by atoms with van der Waals surface area (Å²) in [4.78, 5) is 31.7. The number of nitrogens with zero attached hydrogens (tertiary/aromatic N) is 5. The molecular formula is C22H26N6O5S. The van der Waals surface area contributed by atoms with Crippen molar-refractivity contribution in [3.63, 3.8) is 0 Å². The number of hydrogen-bond acceptors (Lipinski definition) is 8. The van der Waals surface area contributed by atoms with Crippen molar-refractivity contribution in [3.8, 4) is 11.8 Å². The third-order valence-corrected chi connectivity index (χ3v) is 6.76. The number of benzene rings is 1. The number of aromatic nitrogens is 4. The quantitative estimate of drug-likeness (QED) is 0.502. The fraction of sp³-hybridized carbons (Fsp3) is 0.409. The van der Waals surface area contributed by atoms with E-state index in [0.29, 0.717) is 13.2 Å². The van der Waals surface area contributed by atoms with E-state index in [1.54, 1.807) is 0 Å². The number of rotatable bonds is 4. The predicted octanol–water partition coefficient (Wildman–Crippen LogP) is -0.233. The number of aryl methyl sites for hydroxylation is 1. The zero-order valence-electron chi connectivity index (χ0n) is 19.5. The molecule has 180 valence electrons. The van der Waals surface area contributed by atoms with E-state index in [-0.39, 0.29) is 22.9 Å². The first kappa shape index (κ1) is 23.6. The van der Waals surface area contributed by atoms with Crippen LogP contribution in [0.3, 0.4) is 0 Å². The normalized spacial score (nSPS) is 14.2. The average molecular weight is 487 g/mol. The van der Waals surface area contributed by atoms with Gasteiger partial charge in [-0.05, 0) is 18.2 Å². The number of ether oxygens (including phenoxy) is 1. The molecular weight excluding hydrogens is 460 g/mol. The summed E-state index contributed by atoms with van der Waals surface area (Å²) in [7, 11) is 0.911. The van der Waals surface area contributed by atoms with E-state index in [9.17, 15) is 18.0 Å².